The van der Waals surface area contributed by atoms with Crippen LogP contribution in [-0.2, 0) is 4.79 Å². The summed E-state index contributed by atoms with van der Waals surface area (Å²) in [6, 6.07) is 4.09. The van der Waals surface area contributed by atoms with Crippen LogP contribution < -0.4 is 0 Å². The Labute approximate surface area is 110 Å². The molecule has 1 N–H and O–H groups in total. The summed E-state index contributed by atoms with van der Waals surface area (Å²) in [6.45, 7) is 1.16. The summed E-state index contributed by atoms with van der Waals surface area (Å²) in [5.41, 5.74) is 0. The van der Waals surface area contributed by atoms with Gasteiger partial charge in [-0.15, -0.1) is 11.3 Å². The highest BCUT2D eigenvalue weighted by atomic mass is 32.1. The maximum Gasteiger partial charge on any atom is 0.320 e. The number of carbonyl (C=O) groups excluding carboxylic acids is 1. The van der Waals surface area contributed by atoms with Crippen molar-refractivity contribution in [3.05, 3.63) is 22.4 Å². The summed E-state index contributed by atoms with van der Waals surface area (Å²) < 4.78 is 0. The minimum absolute atomic E-state index is 0.0150. The number of hydrogen-bond acceptors (Lipinski definition) is 3. The van der Waals surface area contributed by atoms with Crippen LogP contribution in [0.4, 0.5) is 4.79 Å². The molecule has 2 rings (SSSR count). The van der Waals surface area contributed by atoms with Crippen LogP contribution in [-0.4, -0.2) is 47.0 Å². The molecule has 1 aromatic heterocycles. The number of carboxylic acids is 1. The minimum Gasteiger partial charge on any atom is -0.481 e. The number of thiophene rings is 1. The molecule has 6 heteroatoms. The van der Waals surface area contributed by atoms with Crippen molar-refractivity contribution in [2.45, 2.75) is 18.9 Å². The molecule has 2 amide bonds. The third-order valence-electron chi connectivity index (χ3n) is 3.12. The molecule has 1 aromatic rings. The van der Waals surface area contributed by atoms with Gasteiger partial charge < -0.3 is 14.9 Å². The molecule has 2 heterocycles. The maximum atomic E-state index is 12.0. The van der Waals surface area contributed by atoms with Gasteiger partial charge in [0.15, 0.2) is 0 Å². The van der Waals surface area contributed by atoms with Gasteiger partial charge in [-0.1, -0.05) is 6.07 Å². The van der Waals surface area contributed by atoms with Gasteiger partial charge in [0.25, 0.3) is 0 Å². The number of amides is 2. The lowest BCUT2D eigenvalue weighted by atomic mass is 10.2. The van der Waals surface area contributed by atoms with E-state index in [4.69, 9.17) is 5.11 Å². The van der Waals surface area contributed by atoms with Crippen LogP contribution in [0.1, 0.15) is 23.8 Å². The molecule has 0 aromatic carbocycles. The van der Waals surface area contributed by atoms with Crippen LogP contribution >= 0.6 is 11.3 Å². The van der Waals surface area contributed by atoms with E-state index in [0.717, 1.165) is 0 Å². The van der Waals surface area contributed by atoms with Crippen molar-refractivity contribution in [2.24, 2.45) is 0 Å². The first kappa shape index (κ1) is 12.9. The Morgan fingerprint density at radius 3 is 3.00 bits per heavy atom. The fourth-order valence-electron chi connectivity index (χ4n) is 2.14. The first-order valence-corrected chi connectivity index (χ1v) is 6.74. The van der Waals surface area contributed by atoms with E-state index in [9.17, 15) is 9.59 Å². The van der Waals surface area contributed by atoms with Crippen LogP contribution in [0.3, 0.4) is 0 Å². The monoisotopic (exact) mass is 268 g/mol. The quantitative estimate of drug-likeness (QED) is 0.888. The second-order valence-electron chi connectivity index (χ2n) is 4.37. The maximum absolute atomic E-state index is 12.0. The van der Waals surface area contributed by atoms with Crippen LogP contribution in [0, 0.1) is 0 Å². The van der Waals surface area contributed by atoms with Gasteiger partial charge in [-0.05, 0) is 17.9 Å². The van der Waals surface area contributed by atoms with Crippen molar-refractivity contribution in [3.8, 4) is 0 Å². The second-order valence-corrected chi connectivity index (χ2v) is 5.35. The molecule has 1 aliphatic rings. The van der Waals surface area contributed by atoms with Crippen molar-refractivity contribution in [1.82, 2.24) is 9.80 Å². The van der Waals surface area contributed by atoms with Gasteiger partial charge in [0.2, 0.25) is 0 Å². The Morgan fingerprint density at radius 2 is 2.39 bits per heavy atom. The van der Waals surface area contributed by atoms with Gasteiger partial charge in [-0.25, -0.2) is 4.79 Å². The van der Waals surface area contributed by atoms with E-state index in [1.54, 1.807) is 28.2 Å². The fourth-order valence-corrected chi connectivity index (χ4v) is 3.00. The molecule has 0 bridgehead atoms. The molecule has 5 nitrogen and oxygen atoms in total. The molecule has 0 radical (unpaired) electrons. The zero-order valence-corrected chi connectivity index (χ0v) is 11.0. The highest BCUT2D eigenvalue weighted by Crippen LogP contribution is 2.30. The summed E-state index contributed by atoms with van der Waals surface area (Å²) in [6.07, 6.45) is 0.614. The average Bonchev–Trinajstić information content (AvgIpc) is 2.92. The third-order valence-corrected chi connectivity index (χ3v) is 4.10. The number of rotatable bonds is 5. The van der Waals surface area contributed by atoms with E-state index in [2.05, 4.69) is 0 Å². The minimum atomic E-state index is -0.815. The SMILES string of the molecule is CN1C(=O)N(CCCC(=O)O)CC1c1cccs1. The number of carboxylic acid groups (broad SMARTS) is 1. The molecular formula is C12H16N2O3S. The van der Waals surface area contributed by atoms with Crippen LogP contribution in [0.5, 0.6) is 0 Å². The van der Waals surface area contributed by atoms with Crippen LogP contribution in [0.15, 0.2) is 17.5 Å². The molecular weight excluding hydrogens is 252 g/mol. The summed E-state index contributed by atoms with van der Waals surface area (Å²) in [4.78, 5) is 27.1. The molecule has 1 unspecified atom stereocenters. The molecule has 1 atom stereocenters. The summed E-state index contributed by atoms with van der Waals surface area (Å²) in [5, 5.41) is 10.6. The molecule has 18 heavy (non-hydrogen) atoms. The molecule has 1 fully saturated rings. The van der Waals surface area contributed by atoms with E-state index < -0.39 is 5.97 Å². The summed E-state index contributed by atoms with van der Waals surface area (Å²) in [7, 11) is 1.80. The second kappa shape index (κ2) is 5.39. The van der Waals surface area contributed by atoms with E-state index >= 15 is 0 Å². The number of hydrogen-bond donors (Lipinski definition) is 1. The summed E-state index contributed by atoms with van der Waals surface area (Å²) >= 11 is 1.64. The summed E-state index contributed by atoms with van der Waals surface area (Å²) in [5.74, 6) is -0.815. The van der Waals surface area contributed by atoms with E-state index in [-0.39, 0.29) is 18.5 Å². The topological polar surface area (TPSA) is 60.9 Å². The zero-order chi connectivity index (χ0) is 13.1. The third kappa shape index (κ3) is 2.64. The molecule has 0 spiro atoms. The van der Waals surface area contributed by atoms with Gasteiger partial charge in [0, 0.05) is 31.4 Å². The van der Waals surface area contributed by atoms with E-state index in [0.29, 0.717) is 19.5 Å². The van der Waals surface area contributed by atoms with Crippen molar-refractivity contribution in [1.29, 1.82) is 0 Å². The van der Waals surface area contributed by atoms with Crippen molar-refractivity contribution in [2.75, 3.05) is 20.1 Å². The number of nitrogens with zero attached hydrogens (tertiary/aromatic N) is 2. The van der Waals surface area contributed by atoms with Crippen molar-refractivity contribution in [3.63, 3.8) is 0 Å². The molecule has 0 aliphatic carbocycles. The Morgan fingerprint density at radius 1 is 1.61 bits per heavy atom. The lowest BCUT2D eigenvalue weighted by Crippen LogP contribution is -2.30. The number of carbonyl (C=O) groups is 2. The Bertz CT molecular complexity index is 433. The van der Waals surface area contributed by atoms with Crippen molar-refractivity contribution < 1.29 is 14.7 Å². The Kier molecular flexibility index (Phi) is 3.86. The van der Waals surface area contributed by atoms with Gasteiger partial charge >= 0.3 is 12.0 Å². The first-order chi connectivity index (χ1) is 8.59. The predicted molar refractivity (Wildman–Crippen MR) is 68.7 cm³/mol. The highest BCUT2D eigenvalue weighted by molar-refractivity contribution is 7.10. The van der Waals surface area contributed by atoms with Gasteiger partial charge in [0.05, 0.1) is 6.04 Å². The molecule has 0 saturated carbocycles. The standard InChI is InChI=1S/C12H16N2O3S/c1-13-9(10-4-3-7-18-10)8-14(12(13)17)6-2-5-11(15)16/h3-4,7,9H,2,5-6,8H2,1H3,(H,15,16). The van der Waals surface area contributed by atoms with Crippen LogP contribution in [0.2, 0.25) is 0 Å². The molecule has 1 saturated heterocycles. The van der Waals surface area contributed by atoms with Crippen LogP contribution in [0.25, 0.3) is 0 Å². The predicted octanol–water partition coefficient (Wildman–Crippen LogP) is 2.02. The van der Waals surface area contributed by atoms with Gasteiger partial charge in [-0.3, -0.25) is 4.79 Å². The molecule has 98 valence electrons. The normalized spacial score (nSPS) is 19.6. The number of urea groups is 1. The molecule has 1 aliphatic heterocycles. The average molecular weight is 268 g/mol. The lowest BCUT2D eigenvalue weighted by molar-refractivity contribution is -0.137. The highest BCUT2D eigenvalue weighted by Gasteiger charge is 2.35. The smallest absolute Gasteiger partial charge is 0.320 e. The van der Waals surface area contributed by atoms with E-state index in [1.807, 2.05) is 17.5 Å². The largest absolute Gasteiger partial charge is 0.481 e. The first-order valence-electron chi connectivity index (χ1n) is 5.86. The number of likely N-dealkylation sites (N-methyl/N-ethyl adjacent to an activating group) is 1. The lowest BCUT2D eigenvalue weighted by Gasteiger charge is -2.16. The Balaban J connectivity index is 1.95. The van der Waals surface area contributed by atoms with Gasteiger partial charge in [0.1, 0.15) is 0 Å². The van der Waals surface area contributed by atoms with Gasteiger partial charge in [-0.2, -0.15) is 0 Å². The van der Waals surface area contributed by atoms with Crippen molar-refractivity contribution >= 4 is 23.3 Å². The zero-order valence-electron chi connectivity index (χ0n) is 10.2. The van der Waals surface area contributed by atoms with E-state index in [1.165, 1.54) is 4.88 Å². The number of aliphatic carboxylic acids is 1. The Hall–Kier alpha value is -1.56. The fraction of sp³-hybridized carbons (Fsp3) is 0.500.